The zero-order valence-corrected chi connectivity index (χ0v) is 15.2. The number of hydrogen-bond donors (Lipinski definition) is 0. The van der Waals surface area contributed by atoms with Crippen LogP contribution in [-0.2, 0) is 0 Å². The van der Waals surface area contributed by atoms with Crippen LogP contribution >= 0.6 is 11.8 Å². The smallest absolute Gasteiger partial charge is 0.286 e. The monoisotopic (exact) mass is 361 g/mol. The van der Waals surface area contributed by atoms with Crippen LogP contribution < -0.4 is 0 Å². The molecule has 3 rings (SSSR count). The fourth-order valence-corrected chi connectivity index (χ4v) is 4.15. The molecule has 0 saturated heterocycles. The van der Waals surface area contributed by atoms with Gasteiger partial charge in [0.15, 0.2) is 0 Å². The van der Waals surface area contributed by atoms with Gasteiger partial charge in [-0.05, 0) is 59.3 Å². The number of carbonyl (C=O) groups is 1. The summed E-state index contributed by atoms with van der Waals surface area (Å²) in [5.41, 5.74) is 1.80. The second-order valence-corrected chi connectivity index (χ2v) is 7.56. The first-order valence-corrected chi connectivity index (χ1v) is 9.26. The molecule has 1 aliphatic rings. The van der Waals surface area contributed by atoms with Gasteiger partial charge in [-0.2, -0.15) is 0 Å². The lowest BCUT2D eigenvalue weighted by molar-refractivity contribution is 0.241. The Kier molecular flexibility index (Phi) is 5.42. The van der Waals surface area contributed by atoms with E-state index < -0.39 is 0 Å². The molecule has 132 valence electrons. The number of halogens is 2. The van der Waals surface area contributed by atoms with Gasteiger partial charge >= 0.3 is 0 Å². The molecule has 1 saturated carbocycles. The van der Waals surface area contributed by atoms with Crippen molar-refractivity contribution in [3.05, 3.63) is 53.6 Å². The quantitative estimate of drug-likeness (QED) is 0.619. The first kappa shape index (κ1) is 17.9. The first-order chi connectivity index (χ1) is 12.0. The highest BCUT2D eigenvalue weighted by Crippen LogP contribution is 2.42. The maximum absolute atomic E-state index is 15.3. The second-order valence-electron chi connectivity index (χ2n) is 6.60. The van der Waals surface area contributed by atoms with E-state index in [1.54, 1.807) is 32.3 Å². The average Bonchev–Trinajstić information content (AvgIpc) is 3.10. The highest BCUT2D eigenvalue weighted by Gasteiger charge is 2.25. The van der Waals surface area contributed by atoms with Crippen LogP contribution in [-0.4, -0.2) is 24.2 Å². The van der Waals surface area contributed by atoms with E-state index in [-0.39, 0.29) is 27.7 Å². The molecule has 0 N–H and O–H groups in total. The molecule has 2 aromatic carbocycles. The molecule has 0 radical (unpaired) electrons. The fraction of sp³-hybridized carbons (Fsp3) is 0.350. The Bertz CT molecular complexity index is 785. The zero-order valence-electron chi connectivity index (χ0n) is 14.4. The third kappa shape index (κ3) is 3.87. The molecule has 1 aliphatic carbocycles. The summed E-state index contributed by atoms with van der Waals surface area (Å²) in [5, 5.41) is -0.250. The highest BCUT2D eigenvalue weighted by molar-refractivity contribution is 8.13. The molecule has 1 amide bonds. The van der Waals surface area contributed by atoms with E-state index in [1.165, 1.54) is 17.0 Å². The summed E-state index contributed by atoms with van der Waals surface area (Å²) in [7, 11) is 3.27. The minimum absolute atomic E-state index is 0.204. The van der Waals surface area contributed by atoms with Gasteiger partial charge in [-0.1, -0.05) is 37.1 Å². The lowest BCUT2D eigenvalue weighted by Crippen LogP contribution is -2.16. The summed E-state index contributed by atoms with van der Waals surface area (Å²) in [6.45, 7) is 0. The van der Waals surface area contributed by atoms with Crippen LogP contribution in [0.3, 0.4) is 0 Å². The predicted molar refractivity (Wildman–Crippen MR) is 97.9 cm³/mol. The van der Waals surface area contributed by atoms with Crippen molar-refractivity contribution in [2.45, 2.75) is 36.5 Å². The van der Waals surface area contributed by atoms with Gasteiger partial charge in [0.1, 0.15) is 11.6 Å². The first-order valence-electron chi connectivity index (χ1n) is 8.45. The minimum atomic E-state index is -0.382. The number of thioether (sulfide) groups is 1. The van der Waals surface area contributed by atoms with E-state index in [1.807, 2.05) is 6.07 Å². The Morgan fingerprint density at radius 1 is 1.12 bits per heavy atom. The topological polar surface area (TPSA) is 20.3 Å². The van der Waals surface area contributed by atoms with Gasteiger partial charge in [-0.15, -0.1) is 0 Å². The Morgan fingerprint density at radius 3 is 2.48 bits per heavy atom. The molecule has 0 aliphatic heterocycles. The maximum Gasteiger partial charge on any atom is 0.286 e. The van der Waals surface area contributed by atoms with Crippen molar-refractivity contribution in [1.29, 1.82) is 0 Å². The molecule has 0 spiro atoms. The largest absolute Gasteiger partial charge is 0.339 e. The molecule has 0 atom stereocenters. The van der Waals surface area contributed by atoms with Gasteiger partial charge < -0.3 is 4.90 Å². The van der Waals surface area contributed by atoms with E-state index in [4.69, 9.17) is 0 Å². The van der Waals surface area contributed by atoms with Crippen molar-refractivity contribution >= 4 is 17.0 Å². The van der Waals surface area contributed by atoms with Crippen molar-refractivity contribution in [2.75, 3.05) is 14.1 Å². The zero-order chi connectivity index (χ0) is 18.0. The molecule has 25 heavy (non-hydrogen) atoms. The van der Waals surface area contributed by atoms with Gasteiger partial charge in [0, 0.05) is 14.1 Å². The van der Waals surface area contributed by atoms with E-state index in [0.717, 1.165) is 37.4 Å². The van der Waals surface area contributed by atoms with Crippen LogP contribution in [0.4, 0.5) is 13.6 Å². The van der Waals surface area contributed by atoms with Crippen molar-refractivity contribution in [3.63, 3.8) is 0 Å². The van der Waals surface area contributed by atoms with Gasteiger partial charge in [0.05, 0.1) is 4.90 Å². The molecule has 1 fully saturated rings. The maximum atomic E-state index is 15.3. The second kappa shape index (κ2) is 7.56. The minimum Gasteiger partial charge on any atom is -0.339 e. The Labute approximate surface area is 151 Å². The Hall–Kier alpha value is -1.88. The molecular weight excluding hydrogens is 340 g/mol. The summed E-state index contributed by atoms with van der Waals surface area (Å²) >= 11 is 0.868. The van der Waals surface area contributed by atoms with Crippen LogP contribution in [0.5, 0.6) is 0 Å². The summed E-state index contributed by atoms with van der Waals surface area (Å²) in [6, 6.07) is 9.66. The molecule has 0 heterocycles. The van der Waals surface area contributed by atoms with Crippen LogP contribution in [0.15, 0.2) is 41.3 Å². The lowest BCUT2D eigenvalue weighted by atomic mass is 9.94. The molecule has 0 unspecified atom stereocenters. The van der Waals surface area contributed by atoms with E-state index >= 15 is 4.39 Å². The standard InChI is InChI=1S/C20H21F2NOS/c1-23(2)20(24)25-19-17(14-8-5-9-15(21)12-14)11-10-16(18(19)22)13-6-3-4-7-13/h5,8-13H,3-4,6-7H2,1-2H3. The summed E-state index contributed by atoms with van der Waals surface area (Å²) in [5.74, 6) is -0.517. The van der Waals surface area contributed by atoms with Crippen molar-refractivity contribution < 1.29 is 13.6 Å². The van der Waals surface area contributed by atoms with Crippen LogP contribution in [0.25, 0.3) is 11.1 Å². The number of rotatable bonds is 3. The molecule has 0 bridgehead atoms. The van der Waals surface area contributed by atoms with E-state index in [0.29, 0.717) is 16.7 Å². The van der Waals surface area contributed by atoms with Gasteiger partial charge in [-0.3, -0.25) is 4.79 Å². The molecule has 2 nitrogen and oxygen atoms in total. The Morgan fingerprint density at radius 2 is 1.84 bits per heavy atom. The summed E-state index contributed by atoms with van der Waals surface area (Å²) in [6.07, 6.45) is 4.16. The van der Waals surface area contributed by atoms with Crippen molar-refractivity contribution in [1.82, 2.24) is 4.90 Å². The number of hydrogen-bond acceptors (Lipinski definition) is 2. The fourth-order valence-electron chi connectivity index (χ4n) is 3.29. The number of carbonyl (C=O) groups excluding carboxylic acids is 1. The molecule has 5 heteroatoms. The molecular formula is C20H21F2NOS. The Balaban J connectivity index is 2.10. The summed E-state index contributed by atoms with van der Waals surface area (Å²) < 4.78 is 28.9. The van der Waals surface area contributed by atoms with Crippen molar-refractivity contribution in [3.8, 4) is 11.1 Å². The normalized spacial score (nSPS) is 14.7. The molecule has 0 aromatic heterocycles. The third-order valence-corrected chi connectivity index (χ3v) is 5.76. The average molecular weight is 361 g/mol. The number of amides is 1. The van der Waals surface area contributed by atoms with E-state index in [2.05, 4.69) is 0 Å². The molecule has 2 aromatic rings. The number of benzene rings is 2. The highest BCUT2D eigenvalue weighted by atomic mass is 32.2. The van der Waals surface area contributed by atoms with Gasteiger partial charge in [-0.25, -0.2) is 8.78 Å². The van der Waals surface area contributed by atoms with Gasteiger partial charge in [0.25, 0.3) is 5.24 Å². The van der Waals surface area contributed by atoms with Crippen LogP contribution in [0, 0.1) is 11.6 Å². The lowest BCUT2D eigenvalue weighted by Gasteiger charge is -2.18. The van der Waals surface area contributed by atoms with Crippen LogP contribution in [0.2, 0.25) is 0 Å². The van der Waals surface area contributed by atoms with E-state index in [9.17, 15) is 9.18 Å². The van der Waals surface area contributed by atoms with Crippen LogP contribution in [0.1, 0.15) is 37.2 Å². The predicted octanol–water partition coefficient (Wildman–Crippen LogP) is 6.06. The number of nitrogens with zero attached hydrogens (tertiary/aromatic N) is 1. The summed E-state index contributed by atoms with van der Waals surface area (Å²) in [4.78, 5) is 13.9. The van der Waals surface area contributed by atoms with Crippen molar-refractivity contribution in [2.24, 2.45) is 0 Å². The third-order valence-electron chi connectivity index (χ3n) is 4.61. The van der Waals surface area contributed by atoms with Gasteiger partial charge in [0.2, 0.25) is 0 Å². The SMILES string of the molecule is CN(C)C(=O)Sc1c(-c2cccc(F)c2)ccc(C2CCCC2)c1F.